The van der Waals surface area contributed by atoms with E-state index in [1.165, 1.54) is 30.3 Å². The van der Waals surface area contributed by atoms with Gasteiger partial charge in [-0.3, -0.25) is 9.69 Å². The van der Waals surface area contributed by atoms with Crippen molar-refractivity contribution in [1.29, 1.82) is 0 Å². The quantitative estimate of drug-likeness (QED) is 0.636. The molecule has 2 aromatic rings. The maximum atomic E-state index is 12.9. The molecule has 0 aliphatic carbocycles. The maximum Gasteiger partial charge on any atom is 0.409 e. The third-order valence-corrected chi connectivity index (χ3v) is 5.62. The molecule has 180 valence electrons. The van der Waals surface area contributed by atoms with Gasteiger partial charge in [0.1, 0.15) is 17.2 Å². The number of halogens is 2. The number of para-hydroxylation sites is 1. The van der Waals surface area contributed by atoms with Crippen molar-refractivity contribution in [3.05, 3.63) is 58.8 Å². The molecule has 0 unspecified atom stereocenters. The van der Waals surface area contributed by atoms with E-state index in [9.17, 15) is 23.5 Å². The number of ether oxygens (including phenoxy) is 3. The number of rotatable bonds is 6. The number of carbonyl (C=O) groups excluding carboxylic acids is 2. The van der Waals surface area contributed by atoms with Gasteiger partial charge in [0.05, 0.1) is 17.7 Å². The fourth-order valence-corrected chi connectivity index (χ4v) is 3.92. The van der Waals surface area contributed by atoms with Crippen molar-refractivity contribution in [3.63, 3.8) is 0 Å². The van der Waals surface area contributed by atoms with Crippen LogP contribution in [0.25, 0.3) is 6.08 Å². The van der Waals surface area contributed by atoms with E-state index >= 15 is 0 Å². The van der Waals surface area contributed by atoms with Gasteiger partial charge in [0, 0.05) is 38.3 Å². The molecule has 4 rings (SSSR count). The molecule has 10 heteroatoms. The van der Waals surface area contributed by atoms with Gasteiger partial charge in [-0.1, -0.05) is 18.2 Å². The Bertz CT molecular complexity index is 1110. The number of hydrogen-bond acceptors (Lipinski definition) is 7. The highest BCUT2D eigenvalue weighted by Gasteiger charge is 2.32. The Morgan fingerprint density at radius 2 is 1.91 bits per heavy atom. The van der Waals surface area contributed by atoms with Gasteiger partial charge in [0.15, 0.2) is 5.76 Å². The van der Waals surface area contributed by atoms with Crippen LogP contribution in [0.15, 0.2) is 42.2 Å². The third kappa shape index (κ3) is 4.96. The molecule has 2 aliphatic rings. The van der Waals surface area contributed by atoms with Crippen molar-refractivity contribution < 1.29 is 37.7 Å². The summed E-state index contributed by atoms with van der Waals surface area (Å²) >= 11 is 0. The number of phenolic OH excluding ortho intramolecular Hbond substituents is 1. The molecule has 1 amide bonds. The summed E-state index contributed by atoms with van der Waals surface area (Å²) in [5, 5.41) is 10.5. The summed E-state index contributed by atoms with van der Waals surface area (Å²) in [4.78, 5) is 28.5. The minimum absolute atomic E-state index is 0.0259. The first kappa shape index (κ1) is 23.5. The van der Waals surface area contributed by atoms with Crippen molar-refractivity contribution in [3.8, 4) is 17.2 Å². The summed E-state index contributed by atoms with van der Waals surface area (Å²) in [6.45, 7) is 1.40. The number of Topliss-reactive ketones (excluding diaryl/α,β-unsaturated/α-hetero) is 1. The number of carbonyl (C=O) groups is 2. The van der Waals surface area contributed by atoms with Crippen LogP contribution in [0.4, 0.5) is 13.6 Å². The van der Waals surface area contributed by atoms with Crippen molar-refractivity contribution in [2.24, 2.45) is 0 Å². The first-order valence-corrected chi connectivity index (χ1v) is 10.8. The third-order valence-electron chi connectivity index (χ3n) is 5.62. The number of alkyl halides is 2. The van der Waals surface area contributed by atoms with E-state index < -0.39 is 12.4 Å². The largest absolute Gasteiger partial charge is 0.507 e. The zero-order valence-electron chi connectivity index (χ0n) is 18.5. The standard InChI is InChI=1S/C24H24F2N2O6/c1-2-32-24(31)28-11-9-27(10-12-28)14-17-18(29)8-7-16-21(30)20(33-22(16)17)13-15-5-3-4-6-19(15)34-23(25)26/h3-8,13,23,29H,2,9-12,14H2,1H3/b20-13+. The Kier molecular flexibility index (Phi) is 6.97. The fourth-order valence-electron chi connectivity index (χ4n) is 3.92. The summed E-state index contributed by atoms with van der Waals surface area (Å²) in [5.74, 6) is -0.354. The molecule has 1 saturated heterocycles. The molecule has 0 atom stereocenters. The van der Waals surface area contributed by atoms with Gasteiger partial charge in [-0.15, -0.1) is 0 Å². The van der Waals surface area contributed by atoms with E-state index in [1.54, 1.807) is 24.0 Å². The van der Waals surface area contributed by atoms with E-state index in [0.717, 1.165) is 0 Å². The lowest BCUT2D eigenvalue weighted by Crippen LogP contribution is -2.48. The lowest BCUT2D eigenvalue weighted by atomic mass is 10.0. The van der Waals surface area contributed by atoms with Gasteiger partial charge < -0.3 is 24.2 Å². The summed E-state index contributed by atoms with van der Waals surface area (Å²) < 4.78 is 40.8. The molecular formula is C24H24F2N2O6. The minimum atomic E-state index is -3.01. The summed E-state index contributed by atoms with van der Waals surface area (Å²) in [7, 11) is 0. The van der Waals surface area contributed by atoms with Crippen LogP contribution in [0.1, 0.15) is 28.4 Å². The molecule has 1 fully saturated rings. The van der Waals surface area contributed by atoms with Crippen molar-refractivity contribution in [2.75, 3.05) is 32.8 Å². The highest BCUT2D eigenvalue weighted by Crippen LogP contribution is 2.40. The maximum absolute atomic E-state index is 12.9. The fraction of sp³-hybridized carbons (Fsp3) is 0.333. The Hall–Kier alpha value is -3.66. The predicted molar refractivity (Wildman–Crippen MR) is 118 cm³/mol. The normalized spacial score (nSPS) is 17.1. The Labute approximate surface area is 194 Å². The summed E-state index contributed by atoms with van der Waals surface area (Å²) in [6, 6.07) is 8.98. The molecule has 0 radical (unpaired) electrons. The van der Waals surface area contributed by atoms with Gasteiger partial charge in [-0.2, -0.15) is 8.78 Å². The Morgan fingerprint density at radius 1 is 1.18 bits per heavy atom. The molecule has 0 saturated carbocycles. The van der Waals surface area contributed by atoms with Gasteiger partial charge >= 0.3 is 12.7 Å². The van der Waals surface area contributed by atoms with E-state index in [0.29, 0.717) is 44.9 Å². The van der Waals surface area contributed by atoms with Crippen molar-refractivity contribution >= 4 is 18.0 Å². The monoisotopic (exact) mass is 474 g/mol. The molecule has 8 nitrogen and oxygen atoms in total. The van der Waals surface area contributed by atoms with Crippen LogP contribution >= 0.6 is 0 Å². The zero-order valence-corrected chi connectivity index (χ0v) is 18.5. The average molecular weight is 474 g/mol. The number of phenols is 1. The van der Waals surface area contributed by atoms with E-state index in [2.05, 4.69) is 4.74 Å². The zero-order chi connectivity index (χ0) is 24.2. The van der Waals surface area contributed by atoms with Crippen LogP contribution < -0.4 is 9.47 Å². The summed E-state index contributed by atoms with van der Waals surface area (Å²) in [6.07, 6.45) is 0.990. The van der Waals surface area contributed by atoms with Crippen LogP contribution in [0.5, 0.6) is 17.2 Å². The lowest BCUT2D eigenvalue weighted by molar-refractivity contribution is -0.0500. The number of aromatic hydroxyl groups is 1. The molecular weight excluding hydrogens is 450 g/mol. The first-order valence-electron chi connectivity index (χ1n) is 10.8. The van der Waals surface area contributed by atoms with E-state index in [4.69, 9.17) is 9.47 Å². The second-order valence-electron chi connectivity index (χ2n) is 7.76. The smallest absolute Gasteiger partial charge is 0.409 e. The number of benzene rings is 2. The average Bonchev–Trinajstić information content (AvgIpc) is 3.13. The number of amides is 1. The molecule has 2 aliphatic heterocycles. The topological polar surface area (TPSA) is 88.5 Å². The van der Waals surface area contributed by atoms with Gasteiger partial charge in [0.25, 0.3) is 0 Å². The Morgan fingerprint density at radius 3 is 2.62 bits per heavy atom. The highest BCUT2D eigenvalue weighted by molar-refractivity contribution is 6.15. The molecule has 2 heterocycles. The second-order valence-corrected chi connectivity index (χ2v) is 7.76. The van der Waals surface area contributed by atoms with Crippen LogP contribution in [0.2, 0.25) is 0 Å². The highest BCUT2D eigenvalue weighted by atomic mass is 19.3. The molecule has 0 bridgehead atoms. The van der Waals surface area contributed by atoms with Crippen LogP contribution in [-0.4, -0.2) is 66.2 Å². The predicted octanol–water partition coefficient (Wildman–Crippen LogP) is 3.88. The Balaban J connectivity index is 1.53. The summed E-state index contributed by atoms with van der Waals surface area (Å²) in [5.41, 5.74) is 0.979. The SMILES string of the molecule is CCOC(=O)N1CCN(Cc2c(O)ccc3c2O/C(=C/c2ccccc2OC(F)F)C3=O)CC1. The number of nitrogens with zero attached hydrogens (tertiary/aromatic N) is 2. The van der Waals surface area contributed by atoms with Crippen molar-refractivity contribution in [2.45, 2.75) is 20.1 Å². The van der Waals surface area contributed by atoms with Crippen molar-refractivity contribution in [1.82, 2.24) is 9.80 Å². The van der Waals surface area contributed by atoms with Crippen LogP contribution in [-0.2, 0) is 11.3 Å². The second kappa shape index (κ2) is 10.1. The van der Waals surface area contributed by atoms with Crippen LogP contribution in [0, 0.1) is 0 Å². The number of allylic oxidation sites excluding steroid dienone is 1. The molecule has 0 spiro atoms. The van der Waals surface area contributed by atoms with E-state index in [1.807, 2.05) is 4.90 Å². The number of ketones is 1. The molecule has 0 aromatic heterocycles. The number of piperazine rings is 1. The minimum Gasteiger partial charge on any atom is -0.507 e. The number of hydrogen-bond donors (Lipinski definition) is 1. The van der Waals surface area contributed by atoms with Gasteiger partial charge in [-0.05, 0) is 31.2 Å². The molecule has 2 aromatic carbocycles. The van der Waals surface area contributed by atoms with Crippen LogP contribution in [0.3, 0.4) is 0 Å². The number of fused-ring (bicyclic) bond motifs is 1. The van der Waals surface area contributed by atoms with Gasteiger partial charge in [0.2, 0.25) is 5.78 Å². The van der Waals surface area contributed by atoms with E-state index in [-0.39, 0.29) is 40.2 Å². The van der Waals surface area contributed by atoms with Gasteiger partial charge in [-0.25, -0.2) is 4.79 Å². The lowest BCUT2D eigenvalue weighted by Gasteiger charge is -2.34. The molecule has 34 heavy (non-hydrogen) atoms. The first-order chi connectivity index (χ1) is 16.4. The molecule has 1 N–H and O–H groups in total.